The lowest BCUT2D eigenvalue weighted by molar-refractivity contribution is 0.0963. The number of imide groups is 1. The van der Waals surface area contributed by atoms with Gasteiger partial charge in [-0.3, -0.25) is 10.1 Å². The van der Waals surface area contributed by atoms with E-state index >= 15 is 0 Å². The highest BCUT2D eigenvalue weighted by Gasteiger charge is 2.14. The number of urea groups is 1. The molecule has 28 heavy (non-hydrogen) atoms. The Kier molecular flexibility index (Phi) is 6.13. The normalized spacial score (nSPS) is 10.2. The molecule has 0 aliphatic rings. The van der Waals surface area contributed by atoms with E-state index in [1.807, 2.05) is 0 Å². The van der Waals surface area contributed by atoms with Gasteiger partial charge in [-0.15, -0.1) is 0 Å². The van der Waals surface area contributed by atoms with E-state index in [1.165, 1.54) is 18.2 Å². The van der Waals surface area contributed by atoms with Gasteiger partial charge in [0.2, 0.25) is 0 Å². The Morgan fingerprint density at radius 2 is 1.64 bits per heavy atom. The van der Waals surface area contributed by atoms with Crippen LogP contribution in [0.2, 0.25) is 10.0 Å². The monoisotopic (exact) mass is 418 g/mol. The topological polar surface area (TPSA) is 67.4 Å². The van der Waals surface area contributed by atoms with Crippen molar-refractivity contribution in [2.45, 2.75) is 0 Å². The highest BCUT2D eigenvalue weighted by molar-refractivity contribution is 6.34. The van der Waals surface area contributed by atoms with Gasteiger partial charge in [-0.2, -0.15) is 0 Å². The van der Waals surface area contributed by atoms with Crippen LogP contribution in [0.5, 0.6) is 11.5 Å². The predicted octanol–water partition coefficient (Wildman–Crippen LogP) is 5.89. The zero-order valence-electron chi connectivity index (χ0n) is 14.2. The second-order valence-corrected chi connectivity index (χ2v) is 6.43. The number of carbonyl (C=O) groups is 2. The van der Waals surface area contributed by atoms with Crippen molar-refractivity contribution in [3.8, 4) is 11.5 Å². The molecule has 0 aliphatic carbocycles. The summed E-state index contributed by atoms with van der Waals surface area (Å²) in [5, 5.41) is 5.42. The summed E-state index contributed by atoms with van der Waals surface area (Å²) >= 11 is 12.0. The Hall–Kier alpha value is -3.09. The van der Waals surface area contributed by atoms with E-state index in [0.717, 1.165) is 6.07 Å². The Balaban J connectivity index is 1.61. The molecule has 3 aromatic rings. The minimum Gasteiger partial charge on any atom is -0.456 e. The second-order valence-electron chi connectivity index (χ2n) is 5.59. The fourth-order valence-corrected chi connectivity index (χ4v) is 2.59. The standard InChI is InChI=1S/C20H13Cl2FN2O3/c21-12-5-10-16(22)18(11-12)28-14-8-6-13(7-9-14)24-20(27)25-19(26)15-3-1-2-4-17(15)23/h1-11H,(H2,24,25,26,27). The molecular formula is C20H13Cl2FN2O3. The zero-order valence-corrected chi connectivity index (χ0v) is 15.7. The summed E-state index contributed by atoms with van der Waals surface area (Å²) in [6.45, 7) is 0. The smallest absolute Gasteiger partial charge is 0.326 e. The Bertz CT molecular complexity index is 1030. The van der Waals surface area contributed by atoms with Crippen LogP contribution in [-0.4, -0.2) is 11.9 Å². The molecule has 142 valence electrons. The number of ether oxygens (including phenoxy) is 1. The molecule has 0 saturated carbocycles. The first-order chi connectivity index (χ1) is 13.4. The lowest BCUT2D eigenvalue weighted by Crippen LogP contribution is -2.34. The minimum absolute atomic E-state index is 0.222. The maximum Gasteiger partial charge on any atom is 0.326 e. The maximum atomic E-state index is 13.6. The molecule has 0 saturated heterocycles. The van der Waals surface area contributed by atoms with Gasteiger partial charge in [0.05, 0.1) is 10.6 Å². The van der Waals surface area contributed by atoms with Gasteiger partial charge in [0.15, 0.2) is 0 Å². The molecule has 5 nitrogen and oxygen atoms in total. The van der Waals surface area contributed by atoms with Crippen molar-refractivity contribution in [1.29, 1.82) is 0 Å². The highest BCUT2D eigenvalue weighted by atomic mass is 35.5. The SMILES string of the molecule is O=C(NC(=O)c1ccccc1F)Nc1ccc(Oc2cc(Cl)ccc2Cl)cc1. The summed E-state index contributed by atoms with van der Waals surface area (Å²) < 4.78 is 19.2. The van der Waals surface area contributed by atoms with E-state index < -0.39 is 17.8 Å². The third kappa shape index (κ3) is 5.00. The second kappa shape index (κ2) is 8.73. The zero-order chi connectivity index (χ0) is 20.1. The number of nitrogens with one attached hydrogen (secondary N) is 2. The number of hydrogen-bond donors (Lipinski definition) is 2. The van der Waals surface area contributed by atoms with E-state index in [9.17, 15) is 14.0 Å². The summed E-state index contributed by atoms with van der Waals surface area (Å²) in [7, 11) is 0. The quantitative estimate of drug-likeness (QED) is 0.555. The number of hydrogen-bond acceptors (Lipinski definition) is 3. The Morgan fingerprint density at radius 3 is 2.36 bits per heavy atom. The first-order valence-corrected chi connectivity index (χ1v) is 8.78. The third-order valence-electron chi connectivity index (χ3n) is 3.58. The average Bonchev–Trinajstić information content (AvgIpc) is 2.66. The summed E-state index contributed by atoms with van der Waals surface area (Å²) in [4.78, 5) is 23.9. The molecule has 0 atom stereocenters. The van der Waals surface area contributed by atoms with E-state index in [0.29, 0.717) is 27.2 Å². The average molecular weight is 419 g/mol. The van der Waals surface area contributed by atoms with Gasteiger partial charge in [0.25, 0.3) is 5.91 Å². The molecule has 0 heterocycles. The van der Waals surface area contributed by atoms with Crippen molar-refractivity contribution in [1.82, 2.24) is 5.32 Å². The first kappa shape index (κ1) is 19.7. The van der Waals surface area contributed by atoms with E-state index in [-0.39, 0.29) is 5.56 Å². The van der Waals surface area contributed by atoms with Crippen molar-refractivity contribution in [3.63, 3.8) is 0 Å². The molecule has 0 aliphatic heterocycles. The molecular weight excluding hydrogens is 406 g/mol. The molecule has 0 aromatic heterocycles. The molecule has 8 heteroatoms. The van der Waals surface area contributed by atoms with Crippen LogP contribution >= 0.6 is 23.2 Å². The van der Waals surface area contributed by atoms with Gasteiger partial charge >= 0.3 is 6.03 Å². The number of rotatable bonds is 4. The van der Waals surface area contributed by atoms with Crippen LogP contribution in [0.4, 0.5) is 14.9 Å². The summed E-state index contributed by atoms with van der Waals surface area (Å²) in [6, 6.07) is 15.8. The van der Waals surface area contributed by atoms with E-state index in [2.05, 4.69) is 10.6 Å². The van der Waals surface area contributed by atoms with Crippen molar-refractivity contribution in [2.75, 3.05) is 5.32 Å². The van der Waals surface area contributed by atoms with Gasteiger partial charge in [-0.25, -0.2) is 9.18 Å². The number of carbonyl (C=O) groups excluding carboxylic acids is 2. The number of halogens is 3. The highest BCUT2D eigenvalue weighted by Crippen LogP contribution is 2.32. The third-order valence-corrected chi connectivity index (χ3v) is 4.13. The summed E-state index contributed by atoms with van der Waals surface area (Å²) in [5.41, 5.74) is 0.183. The van der Waals surface area contributed by atoms with Crippen LogP contribution in [-0.2, 0) is 0 Å². The molecule has 0 radical (unpaired) electrons. The number of amides is 3. The number of anilines is 1. The van der Waals surface area contributed by atoms with Gasteiger partial charge in [-0.05, 0) is 48.5 Å². The molecule has 3 amide bonds. The van der Waals surface area contributed by atoms with Crippen LogP contribution in [0.15, 0.2) is 66.7 Å². The van der Waals surface area contributed by atoms with Gasteiger partial charge in [0.1, 0.15) is 17.3 Å². The largest absolute Gasteiger partial charge is 0.456 e. The lowest BCUT2D eigenvalue weighted by atomic mass is 10.2. The van der Waals surface area contributed by atoms with E-state index in [4.69, 9.17) is 27.9 Å². The van der Waals surface area contributed by atoms with Crippen LogP contribution in [0.25, 0.3) is 0 Å². The summed E-state index contributed by atoms with van der Waals surface area (Å²) in [5.74, 6) is -0.694. The summed E-state index contributed by atoms with van der Waals surface area (Å²) in [6.07, 6.45) is 0. The van der Waals surface area contributed by atoms with Crippen molar-refractivity contribution < 1.29 is 18.7 Å². The molecule has 0 fully saturated rings. The van der Waals surface area contributed by atoms with Crippen molar-refractivity contribution in [2.24, 2.45) is 0 Å². The minimum atomic E-state index is -0.842. The van der Waals surface area contributed by atoms with Gasteiger partial charge < -0.3 is 10.1 Å². The number of benzene rings is 3. The van der Waals surface area contributed by atoms with Crippen LogP contribution in [0.1, 0.15) is 10.4 Å². The maximum absolute atomic E-state index is 13.6. The molecule has 2 N–H and O–H groups in total. The molecule has 0 bridgehead atoms. The van der Waals surface area contributed by atoms with Gasteiger partial charge in [0, 0.05) is 16.8 Å². The Morgan fingerprint density at radius 1 is 0.929 bits per heavy atom. The first-order valence-electron chi connectivity index (χ1n) is 8.02. The molecule has 3 aromatic carbocycles. The fraction of sp³-hybridized carbons (Fsp3) is 0. The Labute approximate surface area is 170 Å². The van der Waals surface area contributed by atoms with Crippen LogP contribution < -0.4 is 15.4 Å². The van der Waals surface area contributed by atoms with E-state index in [1.54, 1.807) is 42.5 Å². The molecule has 3 rings (SSSR count). The van der Waals surface area contributed by atoms with Crippen LogP contribution in [0.3, 0.4) is 0 Å². The van der Waals surface area contributed by atoms with Crippen molar-refractivity contribution >= 4 is 40.8 Å². The molecule has 0 spiro atoms. The van der Waals surface area contributed by atoms with Crippen molar-refractivity contribution in [3.05, 3.63) is 88.2 Å². The fourth-order valence-electron chi connectivity index (χ4n) is 2.27. The lowest BCUT2D eigenvalue weighted by Gasteiger charge is -2.10. The molecule has 0 unspecified atom stereocenters. The van der Waals surface area contributed by atoms with Crippen LogP contribution in [0, 0.1) is 5.82 Å². The van der Waals surface area contributed by atoms with Gasteiger partial charge in [-0.1, -0.05) is 35.3 Å². The predicted molar refractivity (Wildman–Crippen MR) is 106 cm³/mol.